The molecular weight excluding hydrogens is 346 g/mol. The Labute approximate surface area is 131 Å². The number of amides is 1. The minimum Gasteiger partial charge on any atom is -0.348 e. The molecule has 0 radical (unpaired) electrons. The highest BCUT2D eigenvalue weighted by Crippen LogP contribution is 2.28. The van der Waals surface area contributed by atoms with Crippen LogP contribution in [0, 0.1) is 0 Å². The molecule has 2 atom stereocenters. The smallest absolute Gasteiger partial charge is 0.252 e. The normalized spacial score (nSPS) is 23.1. The van der Waals surface area contributed by atoms with Crippen molar-refractivity contribution in [2.75, 3.05) is 6.26 Å². The number of thioether (sulfide) groups is 1. The van der Waals surface area contributed by atoms with Gasteiger partial charge < -0.3 is 5.32 Å². The van der Waals surface area contributed by atoms with Gasteiger partial charge in [0.05, 0.1) is 5.56 Å². The molecule has 2 rings (SSSR count). The molecule has 1 saturated carbocycles. The quantitative estimate of drug-likeness (QED) is 0.857. The van der Waals surface area contributed by atoms with E-state index in [0.29, 0.717) is 15.8 Å². The van der Waals surface area contributed by atoms with Gasteiger partial charge in [-0.05, 0) is 53.2 Å². The van der Waals surface area contributed by atoms with Crippen molar-refractivity contribution in [3.63, 3.8) is 0 Å². The van der Waals surface area contributed by atoms with E-state index < -0.39 is 0 Å². The van der Waals surface area contributed by atoms with Crippen LogP contribution >= 0.6 is 39.3 Å². The maximum Gasteiger partial charge on any atom is 0.252 e. The topological polar surface area (TPSA) is 29.1 Å². The lowest BCUT2D eigenvalue weighted by Crippen LogP contribution is -2.43. The monoisotopic (exact) mass is 361 g/mol. The van der Waals surface area contributed by atoms with Gasteiger partial charge in [-0.2, -0.15) is 11.8 Å². The molecule has 1 aliphatic rings. The van der Waals surface area contributed by atoms with Crippen molar-refractivity contribution in [1.82, 2.24) is 5.32 Å². The molecule has 1 N–H and O–H groups in total. The molecule has 0 bridgehead atoms. The van der Waals surface area contributed by atoms with E-state index in [-0.39, 0.29) is 11.9 Å². The van der Waals surface area contributed by atoms with E-state index in [1.165, 1.54) is 19.3 Å². The highest BCUT2D eigenvalue weighted by molar-refractivity contribution is 9.10. The second-order valence-electron chi connectivity index (χ2n) is 4.76. The molecule has 5 heteroatoms. The maximum absolute atomic E-state index is 12.3. The molecule has 0 aromatic heterocycles. The van der Waals surface area contributed by atoms with Crippen LogP contribution in [0.3, 0.4) is 0 Å². The number of carbonyl (C=O) groups is 1. The summed E-state index contributed by atoms with van der Waals surface area (Å²) in [6, 6.07) is 5.55. The van der Waals surface area contributed by atoms with Gasteiger partial charge in [0.2, 0.25) is 0 Å². The molecule has 104 valence electrons. The summed E-state index contributed by atoms with van der Waals surface area (Å²) < 4.78 is 0.783. The second kappa shape index (κ2) is 7.00. The van der Waals surface area contributed by atoms with E-state index in [2.05, 4.69) is 27.5 Å². The summed E-state index contributed by atoms with van der Waals surface area (Å²) in [5.74, 6) is -0.0414. The van der Waals surface area contributed by atoms with Crippen LogP contribution in [0.5, 0.6) is 0 Å². The lowest BCUT2D eigenvalue weighted by Gasteiger charge is -2.31. The standard InChI is InChI=1S/C14H17BrClNOS/c1-19-13-5-3-2-4-12(13)17-14(18)10-8-9(16)6-7-11(10)15/h6-8,12-13H,2-5H2,1H3,(H,17,18). The summed E-state index contributed by atoms with van der Waals surface area (Å²) in [6.07, 6.45) is 6.82. The van der Waals surface area contributed by atoms with Crippen molar-refractivity contribution >= 4 is 45.2 Å². The maximum atomic E-state index is 12.3. The van der Waals surface area contributed by atoms with Crippen molar-refractivity contribution in [1.29, 1.82) is 0 Å². The van der Waals surface area contributed by atoms with Crippen LogP contribution in [0.2, 0.25) is 5.02 Å². The average molecular weight is 363 g/mol. The molecule has 2 unspecified atom stereocenters. The summed E-state index contributed by atoms with van der Waals surface area (Å²) in [7, 11) is 0. The van der Waals surface area contributed by atoms with Gasteiger partial charge in [-0.3, -0.25) is 4.79 Å². The first kappa shape index (κ1) is 15.2. The highest BCUT2D eigenvalue weighted by Gasteiger charge is 2.26. The molecule has 1 aromatic rings. The zero-order valence-corrected chi connectivity index (χ0v) is 13.9. The van der Waals surface area contributed by atoms with Crippen LogP contribution in [-0.2, 0) is 0 Å². The predicted octanol–water partition coefficient (Wildman–Crippen LogP) is 4.51. The predicted molar refractivity (Wildman–Crippen MR) is 86.2 cm³/mol. The van der Waals surface area contributed by atoms with E-state index in [1.54, 1.807) is 12.1 Å². The third-order valence-corrected chi connectivity index (χ3v) is 5.59. The van der Waals surface area contributed by atoms with E-state index in [1.807, 2.05) is 17.8 Å². The van der Waals surface area contributed by atoms with Gasteiger partial charge in [0.15, 0.2) is 0 Å². The van der Waals surface area contributed by atoms with Crippen molar-refractivity contribution in [3.8, 4) is 0 Å². The zero-order valence-electron chi connectivity index (χ0n) is 10.8. The summed E-state index contributed by atoms with van der Waals surface area (Å²) in [6.45, 7) is 0. The first-order valence-electron chi connectivity index (χ1n) is 6.40. The summed E-state index contributed by atoms with van der Waals surface area (Å²) in [4.78, 5) is 12.3. The number of rotatable bonds is 3. The fourth-order valence-corrected chi connectivity index (χ4v) is 4.00. The number of nitrogens with one attached hydrogen (secondary N) is 1. The van der Waals surface area contributed by atoms with E-state index >= 15 is 0 Å². The summed E-state index contributed by atoms with van der Waals surface area (Å²) >= 11 is 11.2. The van der Waals surface area contributed by atoms with Crippen LogP contribution in [0.25, 0.3) is 0 Å². The lowest BCUT2D eigenvalue weighted by molar-refractivity contribution is 0.0928. The van der Waals surface area contributed by atoms with Crippen molar-refractivity contribution < 1.29 is 4.79 Å². The third-order valence-electron chi connectivity index (χ3n) is 3.49. The second-order valence-corrected chi connectivity index (χ2v) is 7.13. The first-order valence-corrected chi connectivity index (χ1v) is 8.86. The van der Waals surface area contributed by atoms with Crippen molar-refractivity contribution in [2.24, 2.45) is 0 Å². The minimum absolute atomic E-state index is 0.0414. The molecule has 1 aromatic carbocycles. The minimum atomic E-state index is -0.0414. The zero-order chi connectivity index (χ0) is 13.8. The SMILES string of the molecule is CSC1CCCCC1NC(=O)c1cc(Cl)ccc1Br. The Morgan fingerprint density at radius 2 is 2.16 bits per heavy atom. The Hall–Kier alpha value is -0.190. The molecule has 0 saturated heterocycles. The Kier molecular flexibility index (Phi) is 5.60. The highest BCUT2D eigenvalue weighted by atomic mass is 79.9. The number of hydrogen-bond donors (Lipinski definition) is 1. The number of carbonyl (C=O) groups excluding carboxylic acids is 1. The van der Waals surface area contributed by atoms with Gasteiger partial charge in [0, 0.05) is 20.8 Å². The average Bonchev–Trinajstić information content (AvgIpc) is 2.42. The van der Waals surface area contributed by atoms with Crippen LogP contribution in [0.4, 0.5) is 0 Å². The first-order chi connectivity index (χ1) is 9.11. The van der Waals surface area contributed by atoms with Crippen LogP contribution in [0.15, 0.2) is 22.7 Å². The Morgan fingerprint density at radius 1 is 1.42 bits per heavy atom. The molecule has 0 spiro atoms. The van der Waals surface area contributed by atoms with E-state index in [4.69, 9.17) is 11.6 Å². The molecule has 19 heavy (non-hydrogen) atoms. The molecule has 0 aliphatic heterocycles. The van der Waals surface area contributed by atoms with Crippen LogP contribution < -0.4 is 5.32 Å². The molecule has 1 fully saturated rings. The Morgan fingerprint density at radius 3 is 2.89 bits per heavy atom. The fraction of sp³-hybridized carbons (Fsp3) is 0.500. The fourth-order valence-electron chi connectivity index (χ4n) is 2.46. The van der Waals surface area contributed by atoms with Crippen LogP contribution in [0.1, 0.15) is 36.0 Å². The number of benzene rings is 1. The lowest BCUT2D eigenvalue weighted by atomic mass is 9.94. The van der Waals surface area contributed by atoms with Gasteiger partial charge in [-0.15, -0.1) is 0 Å². The summed E-state index contributed by atoms with van der Waals surface area (Å²) in [5.41, 5.74) is 0.609. The third kappa shape index (κ3) is 3.89. The molecule has 0 heterocycles. The van der Waals surface area contributed by atoms with E-state index in [9.17, 15) is 4.79 Å². The molecule has 1 aliphatic carbocycles. The van der Waals surface area contributed by atoms with Gasteiger partial charge in [0.1, 0.15) is 0 Å². The molecular formula is C14H17BrClNOS. The number of halogens is 2. The van der Waals surface area contributed by atoms with Crippen molar-refractivity contribution in [2.45, 2.75) is 37.0 Å². The van der Waals surface area contributed by atoms with Gasteiger partial charge in [-0.1, -0.05) is 24.4 Å². The van der Waals surface area contributed by atoms with Gasteiger partial charge in [0.25, 0.3) is 5.91 Å². The largest absolute Gasteiger partial charge is 0.348 e. The van der Waals surface area contributed by atoms with Gasteiger partial charge in [-0.25, -0.2) is 0 Å². The van der Waals surface area contributed by atoms with E-state index in [0.717, 1.165) is 10.9 Å². The van der Waals surface area contributed by atoms with Gasteiger partial charge >= 0.3 is 0 Å². The molecule has 2 nitrogen and oxygen atoms in total. The van der Waals surface area contributed by atoms with Crippen molar-refractivity contribution in [3.05, 3.63) is 33.3 Å². The molecule has 1 amide bonds. The summed E-state index contributed by atoms with van der Waals surface area (Å²) in [5, 5.41) is 4.26. The number of hydrogen-bond acceptors (Lipinski definition) is 2. The Bertz CT molecular complexity index is 469. The Balaban J connectivity index is 2.09. The van der Waals surface area contributed by atoms with Crippen LogP contribution in [-0.4, -0.2) is 23.5 Å².